The maximum Gasteiger partial charge on any atom is 0.226 e. The summed E-state index contributed by atoms with van der Waals surface area (Å²) in [6, 6.07) is 9.14. The van der Waals surface area contributed by atoms with Crippen LogP contribution >= 0.6 is 34.5 Å². The number of hydrogen-bond donors (Lipinski definition) is 1. The Balaban J connectivity index is 1.50. The van der Waals surface area contributed by atoms with Crippen LogP contribution in [0, 0.1) is 0 Å². The van der Waals surface area contributed by atoms with Crippen molar-refractivity contribution in [2.75, 3.05) is 6.54 Å². The molecule has 4 nitrogen and oxygen atoms in total. The van der Waals surface area contributed by atoms with Gasteiger partial charge in [-0.15, -0.1) is 11.3 Å². The Morgan fingerprint density at radius 2 is 2.12 bits per heavy atom. The molecule has 7 heteroatoms. The highest BCUT2D eigenvalue weighted by Gasteiger charge is 2.11. The van der Waals surface area contributed by atoms with E-state index in [4.69, 9.17) is 27.6 Å². The molecule has 0 aliphatic rings. The van der Waals surface area contributed by atoms with E-state index < -0.39 is 0 Å². The third-order valence-corrected chi connectivity index (χ3v) is 5.14. The van der Waals surface area contributed by atoms with Gasteiger partial charge in [-0.2, -0.15) is 0 Å². The van der Waals surface area contributed by atoms with Crippen LogP contribution < -0.4 is 5.32 Å². The van der Waals surface area contributed by atoms with Crippen molar-refractivity contribution >= 4 is 40.4 Å². The van der Waals surface area contributed by atoms with Gasteiger partial charge in [-0.3, -0.25) is 4.79 Å². The lowest BCUT2D eigenvalue weighted by Crippen LogP contribution is -2.27. The zero-order chi connectivity index (χ0) is 16.9. The van der Waals surface area contributed by atoms with Crippen molar-refractivity contribution in [3.05, 3.63) is 63.3 Å². The van der Waals surface area contributed by atoms with Crippen LogP contribution in [0.15, 0.2) is 46.4 Å². The molecule has 1 amide bonds. The number of nitrogens with zero attached hydrogens (tertiary/aromatic N) is 1. The van der Waals surface area contributed by atoms with Crippen molar-refractivity contribution in [2.45, 2.75) is 12.8 Å². The Labute approximate surface area is 153 Å². The van der Waals surface area contributed by atoms with E-state index in [1.165, 1.54) is 11.3 Å². The molecule has 24 heavy (non-hydrogen) atoms. The number of amides is 1. The molecule has 0 aliphatic heterocycles. The molecule has 3 aromatic rings. The Morgan fingerprint density at radius 1 is 1.25 bits per heavy atom. The van der Waals surface area contributed by atoms with Crippen molar-refractivity contribution in [1.82, 2.24) is 10.3 Å². The van der Waals surface area contributed by atoms with Crippen molar-refractivity contribution in [2.24, 2.45) is 0 Å². The molecule has 0 spiro atoms. The molecule has 2 aromatic heterocycles. The summed E-state index contributed by atoms with van der Waals surface area (Å²) in [5.41, 5.74) is 1.64. The molecular formula is C17H14Cl2N2O2S. The lowest BCUT2D eigenvalue weighted by atomic mass is 10.1. The third-order valence-electron chi connectivity index (χ3n) is 3.37. The number of aromatic nitrogens is 1. The van der Waals surface area contributed by atoms with Crippen molar-refractivity contribution in [3.8, 4) is 10.8 Å². The fraction of sp³-hybridized carbons (Fsp3) is 0.176. The van der Waals surface area contributed by atoms with Crippen LogP contribution in [0.1, 0.15) is 11.3 Å². The first-order valence-corrected chi connectivity index (χ1v) is 8.95. The number of thiazole rings is 1. The molecule has 2 heterocycles. The highest BCUT2D eigenvalue weighted by molar-refractivity contribution is 7.13. The van der Waals surface area contributed by atoms with Gasteiger partial charge in [0.05, 0.1) is 28.4 Å². The molecule has 1 N–H and O–H groups in total. The summed E-state index contributed by atoms with van der Waals surface area (Å²) >= 11 is 13.6. The molecule has 0 unspecified atom stereocenters. The van der Waals surface area contributed by atoms with Gasteiger partial charge in [-0.1, -0.05) is 35.3 Å². The van der Waals surface area contributed by atoms with Crippen LogP contribution in [0.5, 0.6) is 0 Å². The van der Waals surface area contributed by atoms with Gasteiger partial charge in [0, 0.05) is 11.9 Å². The van der Waals surface area contributed by atoms with E-state index in [1.54, 1.807) is 12.3 Å². The molecule has 3 rings (SSSR count). The van der Waals surface area contributed by atoms with Crippen molar-refractivity contribution < 1.29 is 9.21 Å². The topological polar surface area (TPSA) is 55.1 Å². The maximum atomic E-state index is 12.0. The van der Waals surface area contributed by atoms with E-state index in [0.717, 1.165) is 16.3 Å². The van der Waals surface area contributed by atoms with Crippen LogP contribution in [0.25, 0.3) is 10.8 Å². The summed E-state index contributed by atoms with van der Waals surface area (Å²) in [5.74, 6) is 0.631. The lowest BCUT2D eigenvalue weighted by molar-refractivity contribution is -0.120. The summed E-state index contributed by atoms with van der Waals surface area (Å²) in [7, 11) is 0. The Kier molecular flexibility index (Phi) is 5.56. The highest BCUT2D eigenvalue weighted by Crippen LogP contribution is 2.26. The molecule has 124 valence electrons. The summed E-state index contributed by atoms with van der Waals surface area (Å²) in [6.07, 6.45) is 2.46. The Hall–Kier alpha value is -1.82. The molecule has 0 atom stereocenters. The van der Waals surface area contributed by atoms with E-state index in [9.17, 15) is 4.79 Å². The summed E-state index contributed by atoms with van der Waals surface area (Å²) in [6.45, 7) is 0.494. The van der Waals surface area contributed by atoms with E-state index in [2.05, 4.69) is 10.3 Å². The zero-order valence-electron chi connectivity index (χ0n) is 12.6. The smallest absolute Gasteiger partial charge is 0.226 e. The molecule has 0 saturated heterocycles. The minimum atomic E-state index is -0.0792. The minimum absolute atomic E-state index is 0.0792. The number of rotatable bonds is 6. The Morgan fingerprint density at radius 3 is 2.92 bits per heavy atom. The zero-order valence-corrected chi connectivity index (χ0v) is 14.9. The second-order valence-electron chi connectivity index (χ2n) is 5.11. The fourth-order valence-corrected chi connectivity index (χ4v) is 3.41. The third kappa shape index (κ3) is 4.17. The average molecular weight is 381 g/mol. The van der Waals surface area contributed by atoms with E-state index >= 15 is 0 Å². The van der Waals surface area contributed by atoms with Crippen molar-refractivity contribution in [1.29, 1.82) is 0 Å². The van der Waals surface area contributed by atoms with Crippen LogP contribution in [0.3, 0.4) is 0 Å². The number of furan rings is 1. The van der Waals surface area contributed by atoms with Crippen LogP contribution in [-0.2, 0) is 17.6 Å². The predicted octanol–water partition coefficient (Wildman–Crippen LogP) is 4.61. The van der Waals surface area contributed by atoms with Gasteiger partial charge in [0.1, 0.15) is 0 Å². The van der Waals surface area contributed by atoms with Crippen molar-refractivity contribution in [3.63, 3.8) is 0 Å². The van der Waals surface area contributed by atoms with Crippen LogP contribution in [0.4, 0.5) is 0 Å². The summed E-state index contributed by atoms with van der Waals surface area (Å²) < 4.78 is 5.30. The van der Waals surface area contributed by atoms with Gasteiger partial charge >= 0.3 is 0 Å². The van der Waals surface area contributed by atoms with Gasteiger partial charge in [-0.05, 0) is 30.2 Å². The van der Waals surface area contributed by atoms with Gasteiger partial charge in [0.25, 0.3) is 0 Å². The van der Waals surface area contributed by atoms with E-state index in [1.807, 2.05) is 29.6 Å². The molecule has 0 saturated carbocycles. The van der Waals surface area contributed by atoms with E-state index in [-0.39, 0.29) is 12.3 Å². The molecule has 0 aliphatic carbocycles. The van der Waals surface area contributed by atoms with Crippen LogP contribution in [0.2, 0.25) is 10.0 Å². The quantitative estimate of drug-likeness (QED) is 0.678. The monoisotopic (exact) mass is 380 g/mol. The summed E-state index contributed by atoms with van der Waals surface area (Å²) in [5, 5.41) is 6.57. The van der Waals surface area contributed by atoms with Gasteiger partial charge in [0.15, 0.2) is 10.8 Å². The molecule has 0 bridgehead atoms. The first-order chi connectivity index (χ1) is 11.6. The highest BCUT2D eigenvalue weighted by atomic mass is 35.5. The Bertz CT molecular complexity index is 831. The fourth-order valence-electron chi connectivity index (χ4n) is 2.21. The number of benzene rings is 1. The molecule has 0 radical (unpaired) electrons. The number of carbonyl (C=O) groups excluding carboxylic acids is 1. The number of hydrogen-bond acceptors (Lipinski definition) is 4. The normalized spacial score (nSPS) is 10.8. The SMILES string of the molecule is O=C(Cc1csc(-c2ccco2)n1)NCCc1cccc(Cl)c1Cl. The minimum Gasteiger partial charge on any atom is -0.462 e. The maximum absolute atomic E-state index is 12.0. The van der Waals surface area contributed by atoms with Gasteiger partial charge in [0.2, 0.25) is 5.91 Å². The standard InChI is InChI=1S/C17H14Cl2N2O2S/c18-13-4-1-3-11(16(13)19)6-7-20-15(22)9-12-10-24-17(21-12)14-5-2-8-23-14/h1-5,8,10H,6-7,9H2,(H,20,22). The number of carbonyl (C=O) groups is 1. The first kappa shape index (κ1) is 17.0. The first-order valence-electron chi connectivity index (χ1n) is 7.31. The molecule has 0 fully saturated rings. The largest absolute Gasteiger partial charge is 0.462 e. The average Bonchev–Trinajstić information content (AvgIpc) is 3.22. The number of halogens is 2. The second-order valence-corrected chi connectivity index (χ2v) is 6.75. The molecular weight excluding hydrogens is 367 g/mol. The predicted molar refractivity (Wildman–Crippen MR) is 96.7 cm³/mol. The second kappa shape index (κ2) is 7.83. The van der Waals surface area contributed by atoms with Gasteiger partial charge in [-0.25, -0.2) is 4.98 Å². The number of nitrogens with one attached hydrogen (secondary N) is 1. The lowest BCUT2D eigenvalue weighted by Gasteiger charge is -2.07. The molecule has 1 aromatic carbocycles. The summed E-state index contributed by atoms with van der Waals surface area (Å²) in [4.78, 5) is 16.4. The van der Waals surface area contributed by atoms with Gasteiger partial charge < -0.3 is 9.73 Å². The van der Waals surface area contributed by atoms with Crippen LogP contribution in [-0.4, -0.2) is 17.4 Å². The van der Waals surface area contributed by atoms with E-state index in [0.29, 0.717) is 28.8 Å².